The van der Waals surface area contributed by atoms with Crippen LogP contribution in [0, 0.1) is 0 Å². The van der Waals surface area contributed by atoms with Gasteiger partial charge in [-0.3, -0.25) is 4.79 Å². The van der Waals surface area contributed by atoms with Gasteiger partial charge in [-0.15, -0.1) is 0 Å². The highest BCUT2D eigenvalue weighted by Gasteiger charge is 2.12. The summed E-state index contributed by atoms with van der Waals surface area (Å²) in [5.41, 5.74) is 1.99. The first kappa shape index (κ1) is 13.1. The molecule has 5 nitrogen and oxygen atoms in total. The van der Waals surface area contributed by atoms with Gasteiger partial charge >= 0.3 is 0 Å². The number of para-hydroxylation sites is 1. The van der Waals surface area contributed by atoms with E-state index in [4.69, 9.17) is 0 Å². The van der Waals surface area contributed by atoms with Crippen LogP contribution in [-0.4, -0.2) is 22.9 Å². The standard InChI is InChI=1S/C16H14N4O/c1-17-13-10-14(19-12-7-3-2-6-11(12)13)16(21)20-15-8-4-5-9-18-15/h2-10H,1H3,(H,17,19)(H,18,20,21). The zero-order valence-electron chi connectivity index (χ0n) is 11.5. The maximum absolute atomic E-state index is 12.3. The van der Waals surface area contributed by atoms with E-state index in [-0.39, 0.29) is 5.91 Å². The van der Waals surface area contributed by atoms with E-state index >= 15 is 0 Å². The van der Waals surface area contributed by atoms with E-state index in [1.165, 1.54) is 0 Å². The number of amides is 1. The Balaban J connectivity index is 1.98. The molecule has 0 atom stereocenters. The van der Waals surface area contributed by atoms with Crippen molar-refractivity contribution in [1.82, 2.24) is 9.97 Å². The smallest absolute Gasteiger partial charge is 0.275 e. The van der Waals surface area contributed by atoms with Gasteiger partial charge in [0.2, 0.25) is 0 Å². The van der Waals surface area contributed by atoms with Crippen molar-refractivity contribution < 1.29 is 4.79 Å². The summed E-state index contributed by atoms with van der Waals surface area (Å²) in [7, 11) is 1.82. The summed E-state index contributed by atoms with van der Waals surface area (Å²) in [6.07, 6.45) is 1.63. The first-order valence-corrected chi connectivity index (χ1v) is 6.58. The van der Waals surface area contributed by atoms with Crippen molar-refractivity contribution in [1.29, 1.82) is 0 Å². The Hall–Kier alpha value is -2.95. The zero-order valence-corrected chi connectivity index (χ0v) is 11.5. The van der Waals surface area contributed by atoms with E-state index in [1.807, 2.05) is 37.4 Å². The largest absolute Gasteiger partial charge is 0.388 e. The molecule has 0 unspecified atom stereocenters. The highest BCUT2D eigenvalue weighted by molar-refractivity contribution is 6.05. The number of anilines is 2. The lowest BCUT2D eigenvalue weighted by molar-refractivity contribution is 0.102. The Kier molecular flexibility index (Phi) is 3.47. The van der Waals surface area contributed by atoms with E-state index < -0.39 is 0 Å². The summed E-state index contributed by atoms with van der Waals surface area (Å²) in [4.78, 5) is 20.8. The summed E-state index contributed by atoms with van der Waals surface area (Å²) in [5, 5.41) is 6.81. The molecule has 0 spiro atoms. The average molecular weight is 278 g/mol. The molecular formula is C16H14N4O. The SMILES string of the molecule is CNc1cc(C(=O)Nc2ccccn2)nc2ccccc12. The number of hydrogen-bond acceptors (Lipinski definition) is 4. The Morgan fingerprint density at radius 1 is 1.10 bits per heavy atom. The minimum atomic E-state index is -0.282. The molecule has 3 rings (SSSR count). The molecule has 1 aromatic carbocycles. The fourth-order valence-corrected chi connectivity index (χ4v) is 2.12. The molecule has 0 radical (unpaired) electrons. The van der Waals surface area contributed by atoms with Gasteiger partial charge in [-0.25, -0.2) is 9.97 Å². The van der Waals surface area contributed by atoms with Gasteiger partial charge in [0.1, 0.15) is 11.5 Å². The lowest BCUT2D eigenvalue weighted by Gasteiger charge is -2.09. The third-order valence-electron chi connectivity index (χ3n) is 3.12. The van der Waals surface area contributed by atoms with E-state index in [9.17, 15) is 4.79 Å². The molecule has 1 amide bonds. The van der Waals surface area contributed by atoms with Gasteiger partial charge in [0.15, 0.2) is 0 Å². The first-order valence-electron chi connectivity index (χ1n) is 6.58. The van der Waals surface area contributed by atoms with E-state index in [2.05, 4.69) is 20.6 Å². The van der Waals surface area contributed by atoms with Crippen molar-refractivity contribution in [2.75, 3.05) is 17.7 Å². The Labute approximate surface area is 122 Å². The molecule has 0 aliphatic rings. The van der Waals surface area contributed by atoms with Crippen LogP contribution in [0.2, 0.25) is 0 Å². The number of nitrogens with zero attached hydrogens (tertiary/aromatic N) is 2. The van der Waals surface area contributed by atoms with Crippen molar-refractivity contribution in [3.63, 3.8) is 0 Å². The van der Waals surface area contributed by atoms with Crippen LogP contribution in [0.4, 0.5) is 11.5 Å². The van der Waals surface area contributed by atoms with Crippen LogP contribution in [0.15, 0.2) is 54.7 Å². The highest BCUT2D eigenvalue weighted by atomic mass is 16.1. The van der Waals surface area contributed by atoms with Crippen molar-refractivity contribution in [3.05, 3.63) is 60.4 Å². The molecule has 0 saturated carbocycles. The lowest BCUT2D eigenvalue weighted by Crippen LogP contribution is -2.15. The Bertz CT molecular complexity index is 787. The maximum atomic E-state index is 12.3. The van der Waals surface area contributed by atoms with Crippen LogP contribution in [-0.2, 0) is 0 Å². The van der Waals surface area contributed by atoms with Crippen LogP contribution in [0.25, 0.3) is 10.9 Å². The predicted octanol–water partition coefficient (Wildman–Crippen LogP) is 2.92. The normalized spacial score (nSPS) is 10.3. The van der Waals surface area contributed by atoms with Gasteiger partial charge in [-0.1, -0.05) is 24.3 Å². The molecule has 0 fully saturated rings. The van der Waals surface area contributed by atoms with E-state index in [1.54, 1.807) is 24.4 Å². The molecule has 21 heavy (non-hydrogen) atoms. The van der Waals surface area contributed by atoms with Crippen LogP contribution < -0.4 is 10.6 Å². The topological polar surface area (TPSA) is 66.9 Å². The van der Waals surface area contributed by atoms with Crippen LogP contribution in [0.5, 0.6) is 0 Å². The van der Waals surface area contributed by atoms with Crippen molar-refractivity contribution in [2.45, 2.75) is 0 Å². The second kappa shape index (κ2) is 5.58. The van der Waals surface area contributed by atoms with Gasteiger partial charge in [0, 0.05) is 24.3 Å². The van der Waals surface area contributed by atoms with E-state index in [0.29, 0.717) is 11.5 Å². The minimum Gasteiger partial charge on any atom is -0.388 e. The molecule has 5 heteroatoms. The number of carbonyl (C=O) groups is 1. The van der Waals surface area contributed by atoms with Gasteiger partial charge in [-0.2, -0.15) is 0 Å². The first-order chi connectivity index (χ1) is 10.3. The molecule has 0 aliphatic carbocycles. The van der Waals surface area contributed by atoms with Crippen molar-refractivity contribution in [3.8, 4) is 0 Å². The number of hydrogen-bond donors (Lipinski definition) is 2. The monoisotopic (exact) mass is 278 g/mol. The summed E-state index contributed by atoms with van der Waals surface area (Å²) in [5.74, 6) is 0.222. The van der Waals surface area contributed by atoms with Crippen LogP contribution in [0.1, 0.15) is 10.5 Å². The quantitative estimate of drug-likeness (QED) is 0.773. The molecule has 0 saturated heterocycles. The Morgan fingerprint density at radius 3 is 2.67 bits per heavy atom. The summed E-state index contributed by atoms with van der Waals surface area (Å²) in [6.45, 7) is 0. The summed E-state index contributed by atoms with van der Waals surface area (Å²) >= 11 is 0. The maximum Gasteiger partial charge on any atom is 0.275 e. The minimum absolute atomic E-state index is 0.282. The third kappa shape index (κ3) is 2.67. The number of pyridine rings is 2. The number of benzene rings is 1. The van der Waals surface area contributed by atoms with Crippen molar-refractivity contribution in [2.24, 2.45) is 0 Å². The molecule has 3 aromatic rings. The molecule has 104 valence electrons. The second-order valence-electron chi connectivity index (χ2n) is 4.49. The van der Waals surface area contributed by atoms with Gasteiger partial charge < -0.3 is 10.6 Å². The molecule has 0 aliphatic heterocycles. The predicted molar refractivity (Wildman–Crippen MR) is 83.5 cm³/mol. The molecule has 2 heterocycles. The third-order valence-corrected chi connectivity index (χ3v) is 3.12. The average Bonchev–Trinajstić information content (AvgIpc) is 2.54. The zero-order chi connectivity index (χ0) is 14.7. The fourth-order valence-electron chi connectivity index (χ4n) is 2.12. The highest BCUT2D eigenvalue weighted by Crippen LogP contribution is 2.22. The number of nitrogens with one attached hydrogen (secondary N) is 2. The van der Waals surface area contributed by atoms with Gasteiger partial charge in [0.25, 0.3) is 5.91 Å². The van der Waals surface area contributed by atoms with Gasteiger partial charge in [0.05, 0.1) is 5.52 Å². The number of fused-ring (bicyclic) bond motifs is 1. The number of carbonyl (C=O) groups excluding carboxylic acids is 1. The lowest BCUT2D eigenvalue weighted by atomic mass is 10.1. The molecular weight excluding hydrogens is 264 g/mol. The Morgan fingerprint density at radius 2 is 1.90 bits per heavy atom. The second-order valence-corrected chi connectivity index (χ2v) is 4.49. The van der Waals surface area contributed by atoms with Gasteiger partial charge in [-0.05, 0) is 24.3 Å². The van der Waals surface area contributed by atoms with Crippen molar-refractivity contribution >= 4 is 28.3 Å². The van der Waals surface area contributed by atoms with Crippen LogP contribution >= 0.6 is 0 Å². The summed E-state index contributed by atoms with van der Waals surface area (Å²) in [6, 6.07) is 14.8. The van der Waals surface area contributed by atoms with E-state index in [0.717, 1.165) is 16.6 Å². The summed E-state index contributed by atoms with van der Waals surface area (Å²) < 4.78 is 0. The molecule has 2 aromatic heterocycles. The number of aromatic nitrogens is 2. The molecule has 0 bridgehead atoms. The fraction of sp³-hybridized carbons (Fsp3) is 0.0625. The number of rotatable bonds is 3. The van der Waals surface area contributed by atoms with Crippen LogP contribution in [0.3, 0.4) is 0 Å². The molecule has 2 N–H and O–H groups in total.